The van der Waals surface area contributed by atoms with Gasteiger partial charge in [0.2, 0.25) is 16.0 Å². The summed E-state index contributed by atoms with van der Waals surface area (Å²) in [6.07, 6.45) is 2.04. The van der Waals surface area contributed by atoms with E-state index in [9.17, 15) is 9.59 Å². The van der Waals surface area contributed by atoms with E-state index in [-0.39, 0.29) is 22.9 Å². The molecule has 1 saturated carbocycles. The normalized spacial score (nSPS) is 15.9. The second-order valence-corrected chi connectivity index (χ2v) is 5.12. The van der Waals surface area contributed by atoms with Gasteiger partial charge in [-0.2, -0.15) is 0 Å². The molecule has 0 saturated heterocycles. The van der Waals surface area contributed by atoms with E-state index < -0.39 is 6.04 Å². The predicted octanol–water partition coefficient (Wildman–Crippen LogP) is -0.0233. The van der Waals surface area contributed by atoms with Crippen molar-refractivity contribution in [1.82, 2.24) is 20.8 Å². The summed E-state index contributed by atoms with van der Waals surface area (Å²) in [6.45, 7) is 1.65. The molecule has 8 heteroatoms. The van der Waals surface area contributed by atoms with E-state index in [2.05, 4.69) is 26.1 Å². The van der Waals surface area contributed by atoms with Crippen LogP contribution in [0.3, 0.4) is 0 Å². The SMILES string of the molecule is CNc1nnc(C(=O)NC(C)C(=O)NC2CC2)s1. The van der Waals surface area contributed by atoms with Gasteiger partial charge < -0.3 is 16.0 Å². The number of amides is 2. The van der Waals surface area contributed by atoms with Crippen molar-refractivity contribution in [3.05, 3.63) is 5.01 Å². The number of hydrogen-bond acceptors (Lipinski definition) is 6. The third-order valence-corrected chi connectivity index (χ3v) is 3.44. The molecule has 2 rings (SSSR count). The van der Waals surface area contributed by atoms with E-state index in [1.54, 1.807) is 14.0 Å². The van der Waals surface area contributed by atoms with E-state index in [0.29, 0.717) is 5.13 Å². The van der Waals surface area contributed by atoms with Crippen LogP contribution in [0, 0.1) is 0 Å². The zero-order valence-corrected chi connectivity index (χ0v) is 11.0. The molecule has 0 aromatic carbocycles. The number of nitrogens with one attached hydrogen (secondary N) is 3. The van der Waals surface area contributed by atoms with Gasteiger partial charge in [0.25, 0.3) is 5.91 Å². The largest absolute Gasteiger partial charge is 0.363 e. The Hall–Kier alpha value is -1.70. The number of carbonyl (C=O) groups excluding carboxylic acids is 2. The fraction of sp³-hybridized carbons (Fsp3) is 0.600. The molecule has 2 amide bonds. The van der Waals surface area contributed by atoms with Crippen molar-refractivity contribution in [2.45, 2.75) is 31.8 Å². The zero-order valence-electron chi connectivity index (χ0n) is 10.2. The minimum atomic E-state index is -0.569. The average molecular weight is 269 g/mol. The van der Waals surface area contributed by atoms with Crippen molar-refractivity contribution >= 4 is 28.3 Å². The fourth-order valence-corrected chi connectivity index (χ4v) is 1.89. The first kappa shape index (κ1) is 12.7. The molecule has 0 spiro atoms. The lowest BCUT2D eigenvalue weighted by Crippen LogP contribution is -2.45. The topological polar surface area (TPSA) is 96.0 Å². The highest BCUT2D eigenvalue weighted by molar-refractivity contribution is 7.17. The number of aromatic nitrogens is 2. The van der Waals surface area contributed by atoms with Crippen LogP contribution in [-0.2, 0) is 4.79 Å². The maximum Gasteiger partial charge on any atom is 0.282 e. The second kappa shape index (κ2) is 5.30. The van der Waals surface area contributed by atoms with Crippen molar-refractivity contribution in [1.29, 1.82) is 0 Å². The van der Waals surface area contributed by atoms with Gasteiger partial charge in [0.1, 0.15) is 6.04 Å². The molecule has 18 heavy (non-hydrogen) atoms. The van der Waals surface area contributed by atoms with Crippen LogP contribution in [0.1, 0.15) is 29.6 Å². The molecule has 0 radical (unpaired) electrons. The fourth-order valence-electron chi connectivity index (χ4n) is 1.29. The van der Waals surface area contributed by atoms with Gasteiger partial charge in [-0.3, -0.25) is 9.59 Å². The van der Waals surface area contributed by atoms with Crippen LogP contribution < -0.4 is 16.0 Å². The Morgan fingerprint density at radius 3 is 2.67 bits per heavy atom. The Balaban J connectivity index is 1.87. The van der Waals surface area contributed by atoms with Crippen molar-refractivity contribution in [2.24, 2.45) is 0 Å². The van der Waals surface area contributed by atoms with E-state index in [4.69, 9.17) is 0 Å². The summed E-state index contributed by atoms with van der Waals surface area (Å²) in [5.74, 6) is -0.545. The number of rotatable bonds is 5. The third kappa shape index (κ3) is 3.16. The second-order valence-electron chi connectivity index (χ2n) is 4.14. The molecular formula is C10H15N5O2S. The Labute approximate surface area is 108 Å². The third-order valence-electron chi connectivity index (χ3n) is 2.50. The Morgan fingerprint density at radius 2 is 2.11 bits per heavy atom. The summed E-state index contributed by atoms with van der Waals surface area (Å²) in [7, 11) is 1.70. The van der Waals surface area contributed by atoms with E-state index in [1.165, 1.54) is 0 Å². The quantitative estimate of drug-likeness (QED) is 0.698. The molecular weight excluding hydrogens is 254 g/mol. The number of carbonyl (C=O) groups is 2. The van der Waals surface area contributed by atoms with E-state index >= 15 is 0 Å². The highest BCUT2D eigenvalue weighted by atomic mass is 32.1. The molecule has 3 N–H and O–H groups in total. The molecule has 1 aliphatic carbocycles. The molecule has 1 aromatic heterocycles. The molecule has 0 bridgehead atoms. The minimum Gasteiger partial charge on any atom is -0.363 e. The van der Waals surface area contributed by atoms with Gasteiger partial charge in [-0.25, -0.2) is 0 Å². The van der Waals surface area contributed by atoms with Gasteiger partial charge in [0, 0.05) is 13.1 Å². The van der Waals surface area contributed by atoms with Crippen molar-refractivity contribution in [3.63, 3.8) is 0 Å². The Morgan fingerprint density at radius 1 is 1.39 bits per heavy atom. The highest BCUT2D eigenvalue weighted by Gasteiger charge is 2.26. The summed E-state index contributed by atoms with van der Waals surface area (Å²) in [6, 6.07) is -0.283. The summed E-state index contributed by atoms with van der Waals surface area (Å²) in [4.78, 5) is 23.4. The van der Waals surface area contributed by atoms with Crippen molar-refractivity contribution in [3.8, 4) is 0 Å². The average Bonchev–Trinajstić information content (AvgIpc) is 3.03. The standard InChI is InChI=1S/C10H15N5O2S/c1-5(7(16)13-6-3-4-6)12-8(17)9-14-15-10(11-2)18-9/h5-6H,3-4H2,1-2H3,(H,11,15)(H,12,17)(H,13,16). The van der Waals surface area contributed by atoms with E-state index in [0.717, 1.165) is 24.2 Å². The molecule has 1 aliphatic rings. The van der Waals surface area contributed by atoms with Crippen LogP contribution in [0.4, 0.5) is 5.13 Å². The summed E-state index contributed by atoms with van der Waals surface area (Å²) < 4.78 is 0. The van der Waals surface area contributed by atoms with Crippen LogP contribution in [0.2, 0.25) is 0 Å². The first-order valence-corrected chi connectivity index (χ1v) is 6.54. The number of nitrogens with zero attached hydrogens (tertiary/aromatic N) is 2. The van der Waals surface area contributed by atoms with Gasteiger partial charge in [-0.15, -0.1) is 10.2 Å². The van der Waals surface area contributed by atoms with Crippen LogP contribution in [0.15, 0.2) is 0 Å². The molecule has 0 aliphatic heterocycles. The summed E-state index contributed by atoms with van der Waals surface area (Å²) in [5.41, 5.74) is 0. The Kier molecular flexibility index (Phi) is 3.75. The van der Waals surface area contributed by atoms with Gasteiger partial charge in [-0.05, 0) is 19.8 Å². The smallest absolute Gasteiger partial charge is 0.282 e. The lowest BCUT2D eigenvalue weighted by atomic mass is 10.3. The molecule has 1 atom stereocenters. The molecule has 7 nitrogen and oxygen atoms in total. The van der Waals surface area contributed by atoms with Gasteiger partial charge in [-0.1, -0.05) is 11.3 Å². The zero-order chi connectivity index (χ0) is 13.1. The number of anilines is 1. The maximum absolute atomic E-state index is 11.8. The van der Waals surface area contributed by atoms with Crippen molar-refractivity contribution < 1.29 is 9.59 Å². The van der Waals surface area contributed by atoms with Crippen LogP contribution in [0.25, 0.3) is 0 Å². The molecule has 1 heterocycles. The monoisotopic (exact) mass is 269 g/mol. The van der Waals surface area contributed by atoms with Gasteiger partial charge in [0.15, 0.2) is 0 Å². The van der Waals surface area contributed by atoms with Crippen molar-refractivity contribution in [2.75, 3.05) is 12.4 Å². The van der Waals surface area contributed by atoms with Crippen LogP contribution in [-0.4, -0.2) is 41.1 Å². The van der Waals surface area contributed by atoms with E-state index in [1.807, 2.05) is 0 Å². The summed E-state index contributed by atoms with van der Waals surface area (Å²) >= 11 is 1.14. The molecule has 98 valence electrons. The predicted molar refractivity (Wildman–Crippen MR) is 67.5 cm³/mol. The summed E-state index contributed by atoms with van der Waals surface area (Å²) in [5, 5.41) is 16.5. The van der Waals surface area contributed by atoms with Crippen LogP contribution >= 0.6 is 11.3 Å². The maximum atomic E-state index is 11.8. The van der Waals surface area contributed by atoms with Gasteiger partial charge in [0.05, 0.1) is 0 Å². The highest BCUT2D eigenvalue weighted by Crippen LogP contribution is 2.18. The molecule has 1 aromatic rings. The molecule has 1 unspecified atom stereocenters. The lowest BCUT2D eigenvalue weighted by Gasteiger charge is -2.12. The first-order chi connectivity index (χ1) is 8.60. The number of hydrogen-bond donors (Lipinski definition) is 3. The van der Waals surface area contributed by atoms with Gasteiger partial charge >= 0.3 is 0 Å². The first-order valence-electron chi connectivity index (χ1n) is 5.72. The van der Waals surface area contributed by atoms with Crippen LogP contribution in [0.5, 0.6) is 0 Å². The lowest BCUT2D eigenvalue weighted by molar-refractivity contribution is -0.122. The Bertz CT molecular complexity index is 457. The molecule has 1 fully saturated rings. The minimum absolute atomic E-state index is 0.163.